The zero-order chi connectivity index (χ0) is 28.2. The lowest BCUT2D eigenvalue weighted by molar-refractivity contribution is 0.0600. The standard InChI is InChI=1S/C31H27FN4O4/c1-18(2)16-33-28-26-25(19-8-12-23(32)13-9-19)27(40-30(26)35-17-34-28)20-10-14-24(15-11-20)36-29(37)21-4-6-22(7-5-21)31(38)39-3/h4-15,17-18H,16H2,1-3H3,(H,36,37)(H,33,34,35). The van der Waals surface area contributed by atoms with Crippen molar-refractivity contribution in [1.29, 1.82) is 0 Å². The van der Waals surface area contributed by atoms with Crippen LogP contribution >= 0.6 is 0 Å². The van der Waals surface area contributed by atoms with Gasteiger partial charge in [-0.3, -0.25) is 4.79 Å². The number of ether oxygens (including phenoxy) is 1. The Morgan fingerprint density at radius 1 is 0.900 bits per heavy atom. The van der Waals surface area contributed by atoms with E-state index in [9.17, 15) is 14.0 Å². The average molecular weight is 539 g/mol. The van der Waals surface area contributed by atoms with E-state index >= 15 is 0 Å². The summed E-state index contributed by atoms with van der Waals surface area (Å²) in [5.74, 6) is 0.436. The van der Waals surface area contributed by atoms with Gasteiger partial charge in [-0.05, 0) is 72.1 Å². The van der Waals surface area contributed by atoms with Crippen LogP contribution in [0.5, 0.6) is 0 Å². The summed E-state index contributed by atoms with van der Waals surface area (Å²) in [4.78, 5) is 33.2. The van der Waals surface area contributed by atoms with Crippen molar-refractivity contribution in [2.24, 2.45) is 5.92 Å². The van der Waals surface area contributed by atoms with E-state index < -0.39 is 5.97 Å². The summed E-state index contributed by atoms with van der Waals surface area (Å²) in [5.41, 5.74) is 3.97. The fourth-order valence-electron chi connectivity index (χ4n) is 4.25. The molecular weight excluding hydrogens is 511 g/mol. The highest BCUT2D eigenvalue weighted by Gasteiger charge is 2.22. The number of esters is 1. The van der Waals surface area contributed by atoms with Gasteiger partial charge in [0, 0.05) is 28.9 Å². The first kappa shape index (κ1) is 26.6. The van der Waals surface area contributed by atoms with Gasteiger partial charge in [0.1, 0.15) is 23.7 Å². The lowest BCUT2D eigenvalue weighted by Gasteiger charge is -2.10. The van der Waals surface area contributed by atoms with Gasteiger partial charge in [0.05, 0.1) is 18.1 Å². The lowest BCUT2D eigenvalue weighted by atomic mass is 9.99. The van der Waals surface area contributed by atoms with Crippen LogP contribution in [-0.4, -0.2) is 35.5 Å². The van der Waals surface area contributed by atoms with Crippen LogP contribution in [0.15, 0.2) is 83.5 Å². The summed E-state index contributed by atoms with van der Waals surface area (Å²) in [6, 6.07) is 19.6. The van der Waals surface area contributed by atoms with Crippen LogP contribution in [0.1, 0.15) is 34.6 Å². The first-order valence-corrected chi connectivity index (χ1v) is 12.7. The summed E-state index contributed by atoms with van der Waals surface area (Å²) in [5, 5.41) is 6.94. The van der Waals surface area contributed by atoms with Crippen LogP contribution in [0.4, 0.5) is 15.9 Å². The van der Waals surface area contributed by atoms with Crippen LogP contribution in [0, 0.1) is 11.7 Å². The molecule has 2 aromatic heterocycles. The highest BCUT2D eigenvalue weighted by atomic mass is 19.1. The molecule has 3 aromatic carbocycles. The number of carbonyl (C=O) groups excluding carboxylic acids is 2. The van der Waals surface area contributed by atoms with Gasteiger partial charge < -0.3 is 19.8 Å². The monoisotopic (exact) mass is 538 g/mol. The molecule has 202 valence electrons. The topological polar surface area (TPSA) is 106 Å². The molecule has 0 aliphatic carbocycles. The Balaban J connectivity index is 1.48. The van der Waals surface area contributed by atoms with E-state index in [1.807, 2.05) is 12.1 Å². The molecule has 0 atom stereocenters. The maximum atomic E-state index is 13.8. The van der Waals surface area contributed by atoms with E-state index in [1.165, 1.54) is 37.7 Å². The van der Waals surface area contributed by atoms with Crippen LogP contribution in [0.2, 0.25) is 0 Å². The molecular formula is C31H27FN4O4. The predicted octanol–water partition coefficient (Wildman–Crippen LogP) is 6.80. The number of methoxy groups -OCH3 is 1. The Bertz CT molecular complexity index is 1660. The number of nitrogens with zero attached hydrogens (tertiary/aromatic N) is 2. The zero-order valence-corrected chi connectivity index (χ0v) is 22.2. The molecule has 9 heteroatoms. The van der Waals surface area contributed by atoms with Gasteiger partial charge >= 0.3 is 5.97 Å². The number of hydrogen-bond donors (Lipinski definition) is 2. The number of halogens is 1. The average Bonchev–Trinajstić information content (AvgIpc) is 3.36. The van der Waals surface area contributed by atoms with E-state index in [0.717, 1.165) is 16.7 Å². The number of rotatable bonds is 8. The minimum absolute atomic E-state index is 0.323. The second kappa shape index (κ2) is 11.4. The minimum Gasteiger partial charge on any atom is -0.465 e. The third kappa shape index (κ3) is 5.54. The van der Waals surface area contributed by atoms with Crippen molar-refractivity contribution in [3.63, 3.8) is 0 Å². The molecule has 0 spiro atoms. The van der Waals surface area contributed by atoms with E-state index in [1.54, 1.807) is 36.4 Å². The van der Waals surface area contributed by atoms with Crippen molar-refractivity contribution >= 4 is 34.5 Å². The third-order valence-corrected chi connectivity index (χ3v) is 6.27. The molecule has 0 saturated carbocycles. The van der Waals surface area contributed by atoms with Crippen LogP contribution < -0.4 is 10.6 Å². The molecule has 0 radical (unpaired) electrons. The highest BCUT2D eigenvalue weighted by Crippen LogP contribution is 2.42. The number of anilines is 2. The number of fused-ring (bicyclic) bond motifs is 1. The number of hydrogen-bond acceptors (Lipinski definition) is 7. The molecule has 5 aromatic rings. The van der Waals surface area contributed by atoms with Crippen molar-refractivity contribution in [1.82, 2.24) is 9.97 Å². The number of furan rings is 1. The molecule has 0 fully saturated rings. The molecule has 8 nitrogen and oxygen atoms in total. The fraction of sp³-hybridized carbons (Fsp3) is 0.161. The molecule has 0 unspecified atom stereocenters. The quantitative estimate of drug-likeness (QED) is 0.209. The van der Waals surface area contributed by atoms with E-state index in [4.69, 9.17) is 9.15 Å². The molecule has 40 heavy (non-hydrogen) atoms. The summed E-state index contributed by atoms with van der Waals surface area (Å²) in [6.45, 7) is 4.91. The van der Waals surface area contributed by atoms with Gasteiger partial charge in [-0.2, -0.15) is 0 Å². The Labute approximate surface area is 230 Å². The Hall–Kier alpha value is -5.05. The van der Waals surface area contributed by atoms with Gasteiger partial charge in [0.25, 0.3) is 5.91 Å². The van der Waals surface area contributed by atoms with Gasteiger partial charge in [-0.25, -0.2) is 19.2 Å². The first-order chi connectivity index (χ1) is 19.3. The van der Waals surface area contributed by atoms with Crippen molar-refractivity contribution in [2.75, 3.05) is 24.3 Å². The normalized spacial score (nSPS) is 11.0. The van der Waals surface area contributed by atoms with Crippen LogP contribution in [0.3, 0.4) is 0 Å². The zero-order valence-electron chi connectivity index (χ0n) is 22.2. The summed E-state index contributed by atoms with van der Waals surface area (Å²) in [7, 11) is 1.30. The predicted molar refractivity (Wildman–Crippen MR) is 152 cm³/mol. The minimum atomic E-state index is -0.470. The number of carbonyl (C=O) groups is 2. The maximum absolute atomic E-state index is 13.8. The molecule has 0 aliphatic heterocycles. The fourth-order valence-corrected chi connectivity index (χ4v) is 4.25. The molecule has 2 heterocycles. The number of aromatic nitrogens is 2. The molecule has 0 saturated heterocycles. The maximum Gasteiger partial charge on any atom is 0.337 e. The number of benzene rings is 3. The molecule has 0 aliphatic rings. The SMILES string of the molecule is COC(=O)c1ccc(C(=O)Nc2ccc(-c3oc4ncnc(NCC(C)C)c4c3-c3ccc(F)cc3)cc2)cc1. The molecule has 2 N–H and O–H groups in total. The van der Waals surface area contributed by atoms with Crippen molar-refractivity contribution < 1.29 is 23.1 Å². The van der Waals surface area contributed by atoms with E-state index in [0.29, 0.717) is 52.0 Å². The third-order valence-electron chi connectivity index (χ3n) is 6.27. The summed E-state index contributed by atoms with van der Waals surface area (Å²) < 4.78 is 24.7. The first-order valence-electron chi connectivity index (χ1n) is 12.7. The Morgan fingerprint density at radius 2 is 1.55 bits per heavy atom. The Morgan fingerprint density at radius 3 is 2.20 bits per heavy atom. The van der Waals surface area contributed by atoms with Gasteiger partial charge in [-0.1, -0.05) is 26.0 Å². The molecule has 0 bridgehead atoms. The van der Waals surface area contributed by atoms with Crippen molar-refractivity contribution in [2.45, 2.75) is 13.8 Å². The van der Waals surface area contributed by atoms with Gasteiger partial charge in [0.15, 0.2) is 0 Å². The van der Waals surface area contributed by atoms with E-state index in [-0.39, 0.29) is 11.7 Å². The Kier molecular flexibility index (Phi) is 7.54. The molecule has 1 amide bonds. The smallest absolute Gasteiger partial charge is 0.337 e. The summed E-state index contributed by atoms with van der Waals surface area (Å²) in [6.07, 6.45) is 1.45. The van der Waals surface area contributed by atoms with Crippen LogP contribution in [0.25, 0.3) is 33.6 Å². The highest BCUT2D eigenvalue weighted by molar-refractivity contribution is 6.07. The van der Waals surface area contributed by atoms with Gasteiger partial charge in [-0.15, -0.1) is 0 Å². The second-order valence-electron chi connectivity index (χ2n) is 9.59. The van der Waals surface area contributed by atoms with E-state index in [2.05, 4.69) is 34.4 Å². The second-order valence-corrected chi connectivity index (χ2v) is 9.59. The number of amides is 1. The number of nitrogens with one attached hydrogen (secondary N) is 2. The lowest BCUT2D eigenvalue weighted by Crippen LogP contribution is -2.12. The summed E-state index contributed by atoms with van der Waals surface area (Å²) >= 11 is 0. The van der Waals surface area contributed by atoms with Gasteiger partial charge in [0.2, 0.25) is 5.71 Å². The van der Waals surface area contributed by atoms with Crippen molar-refractivity contribution in [3.05, 3.63) is 96.1 Å². The largest absolute Gasteiger partial charge is 0.465 e. The van der Waals surface area contributed by atoms with Crippen LogP contribution in [-0.2, 0) is 4.74 Å². The van der Waals surface area contributed by atoms with Crippen molar-refractivity contribution in [3.8, 4) is 22.5 Å². The molecule has 5 rings (SSSR count).